The molecule has 1 saturated carbocycles. The predicted octanol–water partition coefficient (Wildman–Crippen LogP) is 2.41. The molecule has 110 valence electrons. The topological polar surface area (TPSA) is 66.9 Å². The lowest BCUT2D eigenvalue weighted by molar-refractivity contribution is -0.127. The molecule has 1 aliphatic carbocycles. The Morgan fingerprint density at radius 3 is 2.90 bits per heavy atom. The summed E-state index contributed by atoms with van der Waals surface area (Å²) < 4.78 is 0. The Morgan fingerprint density at radius 2 is 2.25 bits per heavy atom. The van der Waals surface area contributed by atoms with Crippen LogP contribution in [0.15, 0.2) is 6.20 Å². The zero-order chi connectivity index (χ0) is 14.4. The lowest BCUT2D eigenvalue weighted by Gasteiger charge is -2.24. The molecule has 6 heteroatoms. The highest BCUT2D eigenvalue weighted by Crippen LogP contribution is 2.26. The second-order valence-electron chi connectivity index (χ2n) is 5.07. The maximum atomic E-state index is 11.6. The van der Waals surface area contributed by atoms with Crippen LogP contribution in [-0.2, 0) is 11.2 Å². The molecule has 0 bridgehead atoms. The van der Waals surface area contributed by atoms with Crippen LogP contribution in [0, 0.1) is 5.92 Å². The van der Waals surface area contributed by atoms with Gasteiger partial charge in [-0.15, -0.1) is 0 Å². The third kappa shape index (κ3) is 4.07. The van der Waals surface area contributed by atoms with Gasteiger partial charge in [-0.2, -0.15) is 0 Å². The summed E-state index contributed by atoms with van der Waals surface area (Å²) in [4.78, 5) is 19.8. The van der Waals surface area contributed by atoms with Crippen LogP contribution in [0.4, 0.5) is 5.82 Å². The number of carbonyl (C=O) groups is 1. The smallest absolute Gasteiger partial charge is 0.224 e. The molecule has 0 saturated heterocycles. The van der Waals surface area contributed by atoms with Crippen LogP contribution < -0.4 is 10.6 Å². The van der Waals surface area contributed by atoms with Crippen LogP contribution in [0.5, 0.6) is 0 Å². The normalized spacial score (nSPS) is 14.7. The number of anilines is 1. The Labute approximate surface area is 124 Å². The van der Waals surface area contributed by atoms with Crippen molar-refractivity contribution in [2.75, 3.05) is 18.4 Å². The molecule has 2 rings (SSSR count). The number of aryl methyl sites for hydroxylation is 1. The van der Waals surface area contributed by atoms with E-state index in [-0.39, 0.29) is 17.1 Å². The molecule has 0 atom stereocenters. The van der Waals surface area contributed by atoms with Crippen LogP contribution in [-0.4, -0.2) is 29.0 Å². The van der Waals surface area contributed by atoms with Crippen molar-refractivity contribution in [2.45, 2.75) is 39.0 Å². The first-order valence-electron chi connectivity index (χ1n) is 7.23. The number of nitrogens with zero attached hydrogens (tertiary/aromatic N) is 2. The third-order valence-electron chi connectivity index (χ3n) is 3.64. The Bertz CT molecular complexity index is 462. The molecule has 0 radical (unpaired) electrons. The summed E-state index contributed by atoms with van der Waals surface area (Å²) in [7, 11) is 0. The highest BCUT2D eigenvalue weighted by molar-refractivity contribution is 6.28. The van der Waals surface area contributed by atoms with Crippen molar-refractivity contribution in [3.8, 4) is 0 Å². The number of nitrogens with one attached hydrogen (secondary N) is 2. The first-order valence-corrected chi connectivity index (χ1v) is 7.61. The first kappa shape index (κ1) is 15.0. The van der Waals surface area contributed by atoms with Gasteiger partial charge in [0.1, 0.15) is 5.82 Å². The van der Waals surface area contributed by atoms with Crippen LogP contribution >= 0.6 is 11.6 Å². The molecule has 0 unspecified atom stereocenters. The molecular formula is C14H21ClN4O. The molecule has 1 aromatic heterocycles. The number of hydrogen-bond acceptors (Lipinski definition) is 4. The average molecular weight is 297 g/mol. The Hall–Kier alpha value is -1.36. The summed E-state index contributed by atoms with van der Waals surface area (Å²) in [5.41, 5.74) is 1.05. The maximum absolute atomic E-state index is 11.6. The van der Waals surface area contributed by atoms with E-state index in [0.717, 1.165) is 43.6 Å². The first-order chi connectivity index (χ1) is 9.70. The van der Waals surface area contributed by atoms with Crippen molar-refractivity contribution < 1.29 is 4.79 Å². The second-order valence-corrected chi connectivity index (χ2v) is 5.40. The minimum Gasteiger partial charge on any atom is -0.370 e. The van der Waals surface area contributed by atoms with Crippen LogP contribution in [0.2, 0.25) is 5.28 Å². The molecule has 1 aromatic rings. The van der Waals surface area contributed by atoms with Gasteiger partial charge in [0.15, 0.2) is 0 Å². The standard InChI is InChI=1S/C14H21ClN4O/c1-2-10-9-18-14(15)19-12(10)16-7-4-8-17-13(20)11-5-3-6-11/h9,11H,2-8H2,1H3,(H,17,20)(H,16,18,19). The van der Waals surface area contributed by atoms with Crippen molar-refractivity contribution in [3.05, 3.63) is 17.0 Å². The van der Waals surface area contributed by atoms with E-state index in [9.17, 15) is 4.79 Å². The molecule has 5 nitrogen and oxygen atoms in total. The summed E-state index contributed by atoms with van der Waals surface area (Å²) >= 11 is 5.79. The van der Waals surface area contributed by atoms with Crippen LogP contribution in [0.25, 0.3) is 0 Å². The number of amides is 1. The van der Waals surface area contributed by atoms with E-state index in [1.165, 1.54) is 6.42 Å². The quantitative estimate of drug-likeness (QED) is 0.599. The summed E-state index contributed by atoms with van der Waals surface area (Å²) in [5, 5.41) is 6.47. The van der Waals surface area contributed by atoms with Crippen LogP contribution in [0.1, 0.15) is 38.2 Å². The SMILES string of the molecule is CCc1cnc(Cl)nc1NCCCNC(=O)C1CCC1. The summed E-state index contributed by atoms with van der Waals surface area (Å²) in [6.45, 7) is 3.50. The fraction of sp³-hybridized carbons (Fsp3) is 0.643. The van der Waals surface area contributed by atoms with Crippen molar-refractivity contribution in [1.82, 2.24) is 15.3 Å². The van der Waals surface area contributed by atoms with Gasteiger partial charge in [-0.3, -0.25) is 4.79 Å². The summed E-state index contributed by atoms with van der Waals surface area (Å²) in [6, 6.07) is 0. The molecule has 0 aromatic carbocycles. The van der Waals surface area contributed by atoms with Gasteiger partial charge in [-0.25, -0.2) is 9.97 Å². The summed E-state index contributed by atoms with van der Waals surface area (Å²) in [5.74, 6) is 1.25. The van der Waals surface area contributed by atoms with Gasteiger partial charge >= 0.3 is 0 Å². The van der Waals surface area contributed by atoms with E-state index in [0.29, 0.717) is 6.54 Å². The lowest BCUT2D eigenvalue weighted by atomic mass is 9.85. The molecule has 2 N–H and O–H groups in total. The van der Waals surface area contributed by atoms with Crippen molar-refractivity contribution in [1.29, 1.82) is 0 Å². The zero-order valence-corrected chi connectivity index (χ0v) is 12.5. The number of aromatic nitrogens is 2. The van der Waals surface area contributed by atoms with Gasteiger partial charge in [0.05, 0.1) is 0 Å². The van der Waals surface area contributed by atoms with Gasteiger partial charge in [0.2, 0.25) is 11.2 Å². The largest absolute Gasteiger partial charge is 0.370 e. The van der Waals surface area contributed by atoms with E-state index >= 15 is 0 Å². The Kier molecular flexibility index (Phi) is 5.59. The molecular weight excluding hydrogens is 276 g/mol. The predicted molar refractivity (Wildman–Crippen MR) is 79.9 cm³/mol. The number of rotatable bonds is 7. The third-order valence-corrected chi connectivity index (χ3v) is 3.82. The molecule has 1 amide bonds. The number of carbonyl (C=O) groups excluding carboxylic acids is 1. The minimum absolute atomic E-state index is 0.204. The molecule has 20 heavy (non-hydrogen) atoms. The second kappa shape index (κ2) is 7.43. The Morgan fingerprint density at radius 1 is 1.45 bits per heavy atom. The highest BCUT2D eigenvalue weighted by Gasteiger charge is 2.24. The van der Waals surface area contributed by atoms with E-state index in [2.05, 4.69) is 27.5 Å². The minimum atomic E-state index is 0.204. The van der Waals surface area contributed by atoms with E-state index in [1.54, 1.807) is 6.20 Å². The van der Waals surface area contributed by atoms with Gasteiger partial charge < -0.3 is 10.6 Å². The zero-order valence-electron chi connectivity index (χ0n) is 11.8. The summed E-state index contributed by atoms with van der Waals surface area (Å²) in [6.07, 6.45) is 6.75. The molecule has 1 heterocycles. The van der Waals surface area contributed by atoms with E-state index < -0.39 is 0 Å². The van der Waals surface area contributed by atoms with Crippen LogP contribution in [0.3, 0.4) is 0 Å². The fourth-order valence-corrected chi connectivity index (χ4v) is 2.25. The number of hydrogen-bond donors (Lipinski definition) is 2. The Balaban J connectivity index is 1.67. The molecule has 0 spiro atoms. The average Bonchev–Trinajstić information content (AvgIpc) is 2.36. The molecule has 1 aliphatic rings. The highest BCUT2D eigenvalue weighted by atomic mass is 35.5. The maximum Gasteiger partial charge on any atom is 0.224 e. The van der Waals surface area contributed by atoms with Crippen molar-refractivity contribution >= 4 is 23.3 Å². The van der Waals surface area contributed by atoms with Gasteiger partial charge in [0.25, 0.3) is 0 Å². The number of halogens is 1. The van der Waals surface area contributed by atoms with Gasteiger partial charge in [-0.1, -0.05) is 13.3 Å². The van der Waals surface area contributed by atoms with E-state index in [1.807, 2.05) is 0 Å². The van der Waals surface area contributed by atoms with Gasteiger partial charge in [-0.05, 0) is 37.3 Å². The molecule has 1 fully saturated rings. The van der Waals surface area contributed by atoms with E-state index in [4.69, 9.17) is 11.6 Å². The monoisotopic (exact) mass is 296 g/mol. The lowest BCUT2D eigenvalue weighted by Crippen LogP contribution is -2.35. The molecule has 0 aliphatic heterocycles. The van der Waals surface area contributed by atoms with Crippen molar-refractivity contribution in [3.63, 3.8) is 0 Å². The van der Waals surface area contributed by atoms with Gasteiger partial charge in [0, 0.05) is 30.8 Å². The fourth-order valence-electron chi connectivity index (χ4n) is 2.12. The van der Waals surface area contributed by atoms with Crippen molar-refractivity contribution in [2.24, 2.45) is 5.92 Å².